The van der Waals surface area contributed by atoms with Gasteiger partial charge in [0.05, 0.1) is 12.1 Å². The molecule has 34 heavy (non-hydrogen) atoms. The molecule has 0 saturated carbocycles. The summed E-state index contributed by atoms with van der Waals surface area (Å²) in [5.41, 5.74) is 4.50. The van der Waals surface area contributed by atoms with Crippen LogP contribution in [0.2, 0.25) is 10.0 Å². The quantitative estimate of drug-likeness (QED) is 0.323. The Balaban J connectivity index is 1.50. The van der Waals surface area contributed by atoms with Crippen molar-refractivity contribution in [3.63, 3.8) is 0 Å². The molecule has 0 aliphatic heterocycles. The van der Waals surface area contributed by atoms with Gasteiger partial charge in [-0.1, -0.05) is 46.6 Å². The standard InChI is InChI=1S/C25H24Cl2N4O3/c1-14-7-5-10-22(16(14)3)33-13-19-17(4)34-30-24(19)25(32)28-23-11-15(2)31(29-23)12-18-20(26)8-6-9-21(18)27/h5-11H,12-13H2,1-4H3,(H,28,29,32). The molecule has 7 nitrogen and oxygen atoms in total. The minimum Gasteiger partial charge on any atom is -0.488 e. The van der Waals surface area contributed by atoms with Crippen LogP contribution in [0.15, 0.2) is 47.0 Å². The maximum atomic E-state index is 13.0. The molecule has 1 amide bonds. The van der Waals surface area contributed by atoms with Gasteiger partial charge in [0.25, 0.3) is 5.91 Å². The fraction of sp³-hybridized carbons (Fsp3) is 0.240. The average Bonchev–Trinajstić information content (AvgIpc) is 3.33. The third-order valence-corrected chi connectivity index (χ3v) is 6.43. The SMILES string of the molecule is Cc1cccc(OCc2c(C(=O)Nc3cc(C)n(Cc4c(Cl)cccc4Cl)n3)noc2C)c1C. The number of aryl methyl sites for hydroxylation is 3. The van der Waals surface area contributed by atoms with E-state index >= 15 is 0 Å². The predicted octanol–water partition coefficient (Wildman–Crippen LogP) is 6.29. The number of carbonyl (C=O) groups excluding carboxylic acids is 1. The molecule has 0 atom stereocenters. The Labute approximate surface area is 207 Å². The van der Waals surface area contributed by atoms with Crippen LogP contribution in [0.4, 0.5) is 5.82 Å². The van der Waals surface area contributed by atoms with E-state index in [1.165, 1.54) is 0 Å². The van der Waals surface area contributed by atoms with Crippen LogP contribution in [0.25, 0.3) is 0 Å². The molecule has 0 saturated heterocycles. The van der Waals surface area contributed by atoms with Gasteiger partial charge in [-0.05, 0) is 57.0 Å². The molecule has 2 aromatic heterocycles. The minimum atomic E-state index is -0.433. The van der Waals surface area contributed by atoms with Crippen molar-refractivity contribution in [2.24, 2.45) is 0 Å². The Morgan fingerprint density at radius 2 is 1.76 bits per heavy atom. The molecular formula is C25H24Cl2N4O3. The van der Waals surface area contributed by atoms with Gasteiger partial charge < -0.3 is 14.6 Å². The van der Waals surface area contributed by atoms with Crippen LogP contribution in [0.1, 0.15) is 44.2 Å². The number of anilines is 1. The van der Waals surface area contributed by atoms with Crippen LogP contribution in [-0.2, 0) is 13.2 Å². The topological polar surface area (TPSA) is 82.2 Å². The number of carbonyl (C=O) groups is 1. The van der Waals surface area contributed by atoms with E-state index in [1.54, 1.807) is 35.9 Å². The monoisotopic (exact) mass is 498 g/mol. The maximum Gasteiger partial charge on any atom is 0.279 e. The summed E-state index contributed by atoms with van der Waals surface area (Å²) < 4.78 is 13.0. The van der Waals surface area contributed by atoms with Gasteiger partial charge >= 0.3 is 0 Å². The normalized spacial score (nSPS) is 11.0. The third kappa shape index (κ3) is 4.95. The Hall–Kier alpha value is -3.29. The Bertz CT molecular complexity index is 1340. The van der Waals surface area contributed by atoms with Crippen LogP contribution in [0.3, 0.4) is 0 Å². The van der Waals surface area contributed by atoms with E-state index in [0.29, 0.717) is 33.7 Å². The predicted molar refractivity (Wildman–Crippen MR) is 132 cm³/mol. The highest BCUT2D eigenvalue weighted by molar-refractivity contribution is 6.36. The number of benzene rings is 2. The van der Waals surface area contributed by atoms with E-state index in [2.05, 4.69) is 15.6 Å². The van der Waals surface area contributed by atoms with Crippen LogP contribution in [0.5, 0.6) is 5.75 Å². The first-order valence-electron chi connectivity index (χ1n) is 10.7. The van der Waals surface area contributed by atoms with Gasteiger partial charge in [-0.25, -0.2) is 0 Å². The summed E-state index contributed by atoms with van der Waals surface area (Å²) in [6.45, 7) is 8.17. The first-order chi connectivity index (χ1) is 16.2. The van der Waals surface area contributed by atoms with Gasteiger partial charge in [0.1, 0.15) is 18.1 Å². The number of nitrogens with one attached hydrogen (secondary N) is 1. The summed E-state index contributed by atoms with van der Waals surface area (Å²) in [4.78, 5) is 13.0. The van der Waals surface area contributed by atoms with E-state index in [9.17, 15) is 4.79 Å². The van der Waals surface area contributed by atoms with E-state index in [4.69, 9.17) is 32.5 Å². The zero-order valence-electron chi connectivity index (χ0n) is 19.3. The smallest absolute Gasteiger partial charge is 0.279 e. The molecule has 0 unspecified atom stereocenters. The molecule has 0 bridgehead atoms. The molecule has 176 valence electrons. The molecular weight excluding hydrogens is 475 g/mol. The lowest BCUT2D eigenvalue weighted by Gasteiger charge is -2.11. The first-order valence-corrected chi connectivity index (χ1v) is 11.4. The zero-order valence-corrected chi connectivity index (χ0v) is 20.8. The summed E-state index contributed by atoms with van der Waals surface area (Å²) in [5, 5.41) is 12.3. The molecule has 0 aliphatic rings. The fourth-order valence-electron chi connectivity index (χ4n) is 3.51. The van der Waals surface area contributed by atoms with Crippen molar-refractivity contribution in [2.75, 3.05) is 5.32 Å². The number of nitrogens with zero attached hydrogens (tertiary/aromatic N) is 3. The van der Waals surface area contributed by atoms with Crippen molar-refractivity contribution in [3.8, 4) is 5.75 Å². The summed E-state index contributed by atoms with van der Waals surface area (Å²) in [7, 11) is 0. The Morgan fingerprint density at radius 3 is 2.50 bits per heavy atom. The number of rotatable bonds is 7. The van der Waals surface area contributed by atoms with E-state index in [1.807, 2.05) is 39.0 Å². The van der Waals surface area contributed by atoms with E-state index in [0.717, 1.165) is 28.1 Å². The van der Waals surface area contributed by atoms with Gasteiger partial charge in [0.2, 0.25) is 0 Å². The van der Waals surface area contributed by atoms with Crippen molar-refractivity contribution < 1.29 is 14.1 Å². The highest BCUT2D eigenvalue weighted by Crippen LogP contribution is 2.26. The average molecular weight is 499 g/mol. The minimum absolute atomic E-state index is 0.154. The van der Waals surface area contributed by atoms with Gasteiger partial charge in [0, 0.05) is 27.4 Å². The molecule has 9 heteroatoms. The summed E-state index contributed by atoms with van der Waals surface area (Å²) >= 11 is 12.6. The molecule has 0 radical (unpaired) electrons. The van der Waals surface area contributed by atoms with Crippen LogP contribution >= 0.6 is 23.2 Å². The zero-order chi connectivity index (χ0) is 24.4. The molecule has 2 heterocycles. The van der Waals surface area contributed by atoms with Crippen molar-refractivity contribution >= 4 is 34.9 Å². The lowest BCUT2D eigenvalue weighted by molar-refractivity contribution is 0.101. The van der Waals surface area contributed by atoms with Gasteiger partial charge in [-0.3, -0.25) is 9.48 Å². The molecule has 0 aliphatic carbocycles. The summed E-state index contributed by atoms with van der Waals surface area (Å²) in [5.74, 6) is 1.22. The number of hydrogen-bond acceptors (Lipinski definition) is 5. The second-order valence-electron chi connectivity index (χ2n) is 8.04. The van der Waals surface area contributed by atoms with Crippen molar-refractivity contribution in [1.82, 2.24) is 14.9 Å². The molecule has 4 aromatic rings. The van der Waals surface area contributed by atoms with Crippen molar-refractivity contribution in [1.29, 1.82) is 0 Å². The number of ether oxygens (including phenoxy) is 1. The molecule has 1 N–H and O–H groups in total. The van der Waals surface area contributed by atoms with Crippen LogP contribution in [0, 0.1) is 27.7 Å². The Kier molecular flexibility index (Phi) is 6.95. The maximum absolute atomic E-state index is 13.0. The van der Waals surface area contributed by atoms with E-state index < -0.39 is 5.91 Å². The second-order valence-corrected chi connectivity index (χ2v) is 8.85. The summed E-state index contributed by atoms with van der Waals surface area (Å²) in [6.07, 6.45) is 0. The largest absolute Gasteiger partial charge is 0.488 e. The van der Waals surface area contributed by atoms with Crippen molar-refractivity contribution in [2.45, 2.75) is 40.8 Å². The Morgan fingerprint density at radius 1 is 1.06 bits per heavy atom. The lowest BCUT2D eigenvalue weighted by Crippen LogP contribution is -2.16. The molecule has 0 spiro atoms. The number of halogens is 2. The molecule has 4 rings (SSSR count). The van der Waals surface area contributed by atoms with Crippen molar-refractivity contribution in [3.05, 3.63) is 91.9 Å². The second kappa shape index (κ2) is 9.91. The number of aromatic nitrogens is 3. The van der Waals surface area contributed by atoms with Gasteiger partial charge in [0.15, 0.2) is 11.5 Å². The lowest BCUT2D eigenvalue weighted by atomic mass is 10.1. The van der Waals surface area contributed by atoms with Gasteiger partial charge in [-0.2, -0.15) is 5.10 Å². The highest BCUT2D eigenvalue weighted by atomic mass is 35.5. The summed E-state index contributed by atoms with van der Waals surface area (Å²) in [6, 6.07) is 13.0. The van der Waals surface area contributed by atoms with Crippen LogP contribution < -0.4 is 10.1 Å². The molecule has 2 aromatic carbocycles. The molecule has 0 fully saturated rings. The fourth-order valence-corrected chi connectivity index (χ4v) is 4.03. The third-order valence-electron chi connectivity index (χ3n) is 5.72. The number of hydrogen-bond donors (Lipinski definition) is 1. The van der Waals surface area contributed by atoms with E-state index in [-0.39, 0.29) is 12.3 Å². The van der Waals surface area contributed by atoms with Crippen LogP contribution in [-0.4, -0.2) is 20.8 Å². The number of amides is 1. The highest BCUT2D eigenvalue weighted by Gasteiger charge is 2.22. The first kappa shape index (κ1) is 23.9. The van der Waals surface area contributed by atoms with Gasteiger partial charge in [-0.15, -0.1) is 0 Å².